The number of carbonyl (C=O) groups is 1. The third kappa shape index (κ3) is 3.86. The highest BCUT2D eigenvalue weighted by atomic mass is 16.5. The first-order valence-corrected chi connectivity index (χ1v) is 9.10. The van der Waals surface area contributed by atoms with Crippen LogP contribution in [0.2, 0.25) is 0 Å². The number of nitrogens with one attached hydrogen (secondary N) is 1. The van der Waals surface area contributed by atoms with Crippen molar-refractivity contribution < 1.29 is 14.3 Å². The number of ether oxygens (including phenoxy) is 2. The van der Waals surface area contributed by atoms with Crippen molar-refractivity contribution in [3.05, 3.63) is 64.6 Å². The number of amides is 1. The number of aromatic nitrogens is 1. The molecular formula is C22H24N2O4. The first-order valence-electron chi connectivity index (χ1n) is 9.10. The molecule has 3 aromatic rings. The molecule has 0 aliphatic heterocycles. The Morgan fingerprint density at radius 2 is 1.79 bits per heavy atom. The number of hydrogen-bond donors (Lipinski definition) is 1. The zero-order chi connectivity index (χ0) is 20.3. The third-order valence-electron chi connectivity index (χ3n) is 4.46. The van der Waals surface area contributed by atoms with E-state index in [0.29, 0.717) is 40.1 Å². The first kappa shape index (κ1) is 19.5. The zero-order valence-corrected chi connectivity index (χ0v) is 16.5. The largest absolute Gasteiger partial charge is 0.497 e. The topological polar surface area (TPSA) is 69.6 Å². The van der Waals surface area contributed by atoms with Gasteiger partial charge in [-0.05, 0) is 24.1 Å². The molecule has 0 bridgehead atoms. The van der Waals surface area contributed by atoms with Gasteiger partial charge in [0.2, 0.25) is 0 Å². The van der Waals surface area contributed by atoms with Crippen molar-refractivity contribution in [1.82, 2.24) is 4.57 Å². The highest BCUT2D eigenvalue weighted by Gasteiger charge is 2.17. The molecule has 6 heteroatoms. The van der Waals surface area contributed by atoms with Gasteiger partial charge in [0.05, 0.1) is 25.5 Å². The van der Waals surface area contributed by atoms with Gasteiger partial charge >= 0.3 is 0 Å². The Morgan fingerprint density at radius 3 is 2.43 bits per heavy atom. The van der Waals surface area contributed by atoms with E-state index in [1.165, 1.54) is 7.11 Å². The van der Waals surface area contributed by atoms with E-state index < -0.39 is 0 Å². The number of anilines is 1. The molecule has 28 heavy (non-hydrogen) atoms. The molecule has 0 fully saturated rings. The molecule has 0 aliphatic rings. The monoisotopic (exact) mass is 380 g/mol. The minimum atomic E-state index is -0.308. The van der Waals surface area contributed by atoms with Crippen LogP contribution < -0.4 is 20.3 Å². The van der Waals surface area contributed by atoms with E-state index in [4.69, 9.17) is 9.47 Å². The lowest BCUT2D eigenvalue weighted by molar-refractivity contribution is 0.102. The van der Waals surface area contributed by atoms with Crippen molar-refractivity contribution in [3.63, 3.8) is 0 Å². The van der Waals surface area contributed by atoms with E-state index in [-0.39, 0.29) is 17.4 Å². The average molecular weight is 380 g/mol. The lowest BCUT2D eigenvalue weighted by atomic mass is 10.1. The van der Waals surface area contributed by atoms with Crippen molar-refractivity contribution >= 4 is 22.4 Å². The van der Waals surface area contributed by atoms with Crippen molar-refractivity contribution in [3.8, 4) is 11.5 Å². The van der Waals surface area contributed by atoms with E-state index in [1.807, 2.05) is 19.9 Å². The SMILES string of the molecule is COc1ccc(NC(=O)c2cn(CC(C)C)c(=O)c3ccccc23)c(OC)c1. The molecule has 1 N–H and O–H groups in total. The second-order valence-electron chi connectivity index (χ2n) is 6.96. The van der Waals surface area contributed by atoms with Crippen LogP contribution >= 0.6 is 0 Å². The third-order valence-corrected chi connectivity index (χ3v) is 4.46. The van der Waals surface area contributed by atoms with Crippen LogP contribution in [0.25, 0.3) is 10.8 Å². The van der Waals surface area contributed by atoms with Crippen molar-refractivity contribution in [2.75, 3.05) is 19.5 Å². The van der Waals surface area contributed by atoms with Crippen LogP contribution in [0.15, 0.2) is 53.5 Å². The smallest absolute Gasteiger partial charge is 0.258 e. The summed E-state index contributed by atoms with van der Waals surface area (Å²) in [5, 5.41) is 4.03. The maximum Gasteiger partial charge on any atom is 0.258 e. The van der Waals surface area contributed by atoms with Crippen molar-refractivity contribution in [2.45, 2.75) is 20.4 Å². The van der Waals surface area contributed by atoms with Gasteiger partial charge < -0.3 is 19.4 Å². The second-order valence-corrected chi connectivity index (χ2v) is 6.96. The molecule has 3 rings (SSSR count). The number of methoxy groups -OCH3 is 2. The Balaban J connectivity index is 2.07. The standard InChI is InChI=1S/C22H24N2O4/c1-14(2)12-24-13-18(16-7-5-6-8-17(16)22(24)26)21(25)23-19-10-9-15(27-3)11-20(19)28-4/h5-11,13-14H,12H2,1-4H3,(H,23,25). The highest BCUT2D eigenvalue weighted by Crippen LogP contribution is 2.30. The average Bonchev–Trinajstić information content (AvgIpc) is 2.70. The summed E-state index contributed by atoms with van der Waals surface area (Å²) < 4.78 is 12.2. The molecule has 0 unspecified atom stereocenters. The Morgan fingerprint density at radius 1 is 1.07 bits per heavy atom. The zero-order valence-electron chi connectivity index (χ0n) is 16.5. The molecule has 0 aliphatic carbocycles. The summed E-state index contributed by atoms with van der Waals surface area (Å²) >= 11 is 0. The molecule has 6 nitrogen and oxygen atoms in total. The van der Waals surface area contributed by atoms with Crippen molar-refractivity contribution in [1.29, 1.82) is 0 Å². The number of fused-ring (bicyclic) bond motifs is 1. The van der Waals surface area contributed by atoms with Crippen LogP contribution in [0.4, 0.5) is 5.69 Å². The molecule has 1 heterocycles. The maximum absolute atomic E-state index is 13.1. The Kier molecular flexibility index (Phi) is 5.68. The summed E-state index contributed by atoms with van der Waals surface area (Å²) in [4.78, 5) is 25.9. The van der Waals surface area contributed by atoms with Crippen LogP contribution in [0.1, 0.15) is 24.2 Å². The van der Waals surface area contributed by atoms with E-state index in [1.54, 1.807) is 54.3 Å². The molecule has 146 valence electrons. The lowest BCUT2D eigenvalue weighted by Gasteiger charge is -2.15. The molecule has 2 aromatic carbocycles. The summed E-state index contributed by atoms with van der Waals surface area (Å²) in [5.41, 5.74) is 0.871. The van der Waals surface area contributed by atoms with Gasteiger partial charge in [0.25, 0.3) is 11.5 Å². The normalized spacial score (nSPS) is 10.9. The van der Waals surface area contributed by atoms with Gasteiger partial charge in [-0.25, -0.2) is 0 Å². The molecular weight excluding hydrogens is 356 g/mol. The van der Waals surface area contributed by atoms with Crippen LogP contribution in [0, 0.1) is 5.92 Å². The molecule has 0 atom stereocenters. The lowest BCUT2D eigenvalue weighted by Crippen LogP contribution is -2.25. The van der Waals surface area contributed by atoms with Gasteiger partial charge in [-0.2, -0.15) is 0 Å². The summed E-state index contributed by atoms with van der Waals surface area (Å²) in [6.07, 6.45) is 1.63. The molecule has 0 saturated carbocycles. The Labute approximate surface area is 163 Å². The number of rotatable bonds is 6. The van der Waals surface area contributed by atoms with Gasteiger partial charge in [0.15, 0.2) is 0 Å². The predicted molar refractivity (Wildman–Crippen MR) is 111 cm³/mol. The number of benzene rings is 2. The second kappa shape index (κ2) is 8.17. The van der Waals surface area contributed by atoms with Gasteiger partial charge in [-0.3, -0.25) is 9.59 Å². The van der Waals surface area contributed by atoms with Crippen LogP contribution in [0.3, 0.4) is 0 Å². The van der Waals surface area contributed by atoms with Crippen LogP contribution in [-0.2, 0) is 6.54 Å². The van der Waals surface area contributed by atoms with Gasteiger partial charge in [-0.15, -0.1) is 0 Å². The van der Waals surface area contributed by atoms with E-state index in [0.717, 1.165) is 0 Å². The van der Waals surface area contributed by atoms with Gasteiger partial charge in [0.1, 0.15) is 11.5 Å². The molecule has 1 aromatic heterocycles. The molecule has 0 radical (unpaired) electrons. The molecule has 0 spiro atoms. The number of nitrogens with zero attached hydrogens (tertiary/aromatic N) is 1. The summed E-state index contributed by atoms with van der Waals surface area (Å²) in [6.45, 7) is 4.60. The first-order chi connectivity index (χ1) is 13.4. The van der Waals surface area contributed by atoms with E-state index >= 15 is 0 Å². The number of carbonyl (C=O) groups excluding carboxylic acids is 1. The Hall–Kier alpha value is -3.28. The van der Waals surface area contributed by atoms with Gasteiger partial charge in [0, 0.05) is 29.6 Å². The van der Waals surface area contributed by atoms with E-state index in [9.17, 15) is 9.59 Å². The fraction of sp³-hybridized carbons (Fsp3) is 0.273. The predicted octanol–water partition coefficient (Wildman–Crippen LogP) is 3.93. The highest BCUT2D eigenvalue weighted by molar-refractivity contribution is 6.13. The fourth-order valence-corrected chi connectivity index (χ4v) is 3.14. The number of hydrogen-bond acceptors (Lipinski definition) is 4. The number of pyridine rings is 1. The minimum Gasteiger partial charge on any atom is -0.497 e. The van der Waals surface area contributed by atoms with Crippen LogP contribution in [-0.4, -0.2) is 24.7 Å². The molecule has 1 amide bonds. The van der Waals surface area contributed by atoms with Gasteiger partial charge in [-0.1, -0.05) is 32.0 Å². The Bertz CT molecular complexity index is 1070. The summed E-state index contributed by atoms with van der Waals surface area (Å²) in [6, 6.07) is 12.3. The van der Waals surface area contributed by atoms with Crippen LogP contribution in [0.5, 0.6) is 11.5 Å². The maximum atomic E-state index is 13.1. The fourth-order valence-electron chi connectivity index (χ4n) is 3.14. The van der Waals surface area contributed by atoms with Crippen molar-refractivity contribution in [2.24, 2.45) is 5.92 Å². The minimum absolute atomic E-state index is 0.0946. The molecule has 0 saturated heterocycles. The quantitative estimate of drug-likeness (QED) is 0.704. The summed E-state index contributed by atoms with van der Waals surface area (Å²) in [5.74, 6) is 1.09. The summed E-state index contributed by atoms with van der Waals surface area (Å²) in [7, 11) is 3.10. The van der Waals surface area contributed by atoms with E-state index in [2.05, 4.69) is 5.32 Å².